The van der Waals surface area contributed by atoms with Gasteiger partial charge in [0.2, 0.25) is 0 Å². The van der Waals surface area contributed by atoms with Crippen molar-refractivity contribution in [1.29, 1.82) is 0 Å². The Morgan fingerprint density at radius 2 is 1.29 bits per heavy atom. The summed E-state index contributed by atoms with van der Waals surface area (Å²) in [6, 6.07) is 52.5. The van der Waals surface area contributed by atoms with Crippen molar-refractivity contribution in [2.45, 2.75) is 12.7 Å². The van der Waals surface area contributed by atoms with E-state index in [4.69, 9.17) is 19.6 Å². The molecule has 10 rings (SSSR count). The molecule has 0 radical (unpaired) electrons. The van der Waals surface area contributed by atoms with E-state index >= 15 is 0 Å². The molecule has 1 unspecified atom stereocenters. The zero-order chi connectivity index (χ0) is 33.9. The molecule has 0 aliphatic rings. The van der Waals surface area contributed by atoms with E-state index in [0.717, 1.165) is 66.1 Å². The van der Waals surface area contributed by atoms with Crippen LogP contribution >= 0.6 is 11.3 Å². The number of amidine groups is 1. The molecular weight excluding hydrogens is 647 g/mol. The smallest absolute Gasteiger partial charge is 0.146 e. The van der Waals surface area contributed by atoms with Gasteiger partial charge >= 0.3 is 0 Å². The molecule has 0 saturated heterocycles. The largest absolute Gasteiger partial charge is 0.456 e. The Bertz CT molecular complexity index is 2950. The van der Waals surface area contributed by atoms with Crippen molar-refractivity contribution in [2.24, 2.45) is 10.7 Å². The minimum Gasteiger partial charge on any atom is -0.456 e. The Morgan fingerprint density at radius 1 is 0.569 bits per heavy atom. The van der Waals surface area contributed by atoms with Crippen molar-refractivity contribution in [1.82, 2.24) is 5.32 Å². The molecule has 3 aromatic heterocycles. The summed E-state index contributed by atoms with van der Waals surface area (Å²) in [6.07, 6.45) is -0.382. The predicted molar refractivity (Wildman–Crippen MR) is 213 cm³/mol. The fourth-order valence-corrected chi connectivity index (χ4v) is 8.34. The van der Waals surface area contributed by atoms with Crippen LogP contribution in [0.25, 0.3) is 75.2 Å². The molecule has 1 atom stereocenters. The summed E-state index contributed by atoms with van der Waals surface area (Å²) in [5, 5.41) is 10.4. The Labute approximate surface area is 297 Å². The first-order valence-electron chi connectivity index (χ1n) is 17.1. The molecule has 244 valence electrons. The van der Waals surface area contributed by atoms with E-state index in [9.17, 15) is 0 Å². The summed E-state index contributed by atoms with van der Waals surface area (Å²) in [5.41, 5.74) is 15.4. The molecule has 0 aliphatic carbocycles. The Balaban J connectivity index is 1.05. The lowest BCUT2D eigenvalue weighted by Gasteiger charge is -2.17. The lowest BCUT2D eigenvalue weighted by atomic mass is 10.0. The van der Waals surface area contributed by atoms with E-state index in [1.54, 1.807) is 0 Å². The minimum absolute atomic E-state index is 0.382. The van der Waals surface area contributed by atoms with Crippen LogP contribution in [0.5, 0.6) is 0 Å². The van der Waals surface area contributed by atoms with E-state index in [0.29, 0.717) is 12.4 Å². The summed E-state index contributed by atoms with van der Waals surface area (Å²) in [7, 11) is 0. The number of nitrogens with two attached hydrogens (primary N) is 1. The van der Waals surface area contributed by atoms with Gasteiger partial charge in [0.15, 0.2) is 0 Å². The van der Waals surface area contributed by atoms with E-state index in [-0.39, 0.29) is 6.17 Å². The van der Waals surface area contributed by atoms with Gasteiger partial charge < -0.3 is 14.6 Å². The quantitative estimate of drug-likeness (QED) is 0.130. The average Bonchev–Trinajstić information content (AvgIpc) is 3.87. The van der Waals surface area contributed by atoms with E-state index in [1.165, 1.54) is 25.7 Å². The van der Waals surface area contributed by atoms with E-state index in [2.05, 4.69) is 115 Å². The van der Waals surface area contributed by atoms with Gasteiger partial charge in [0.1, 0.15) is 34.3 Å². The molecule has 0 saturated carbocycles. The number of rotatable bonds is 7. The van der Waals surface area contributed by atoms with Crippen LogP contribution in [0.15, 0.2) is 165 Å². The van der Waals surface area contributed by atoms with Crippen LogP contribution in [0.3, 0.4) is 0 Å². The summed E-state index contributed by atoms with van der Waals surface area (Å²) in [4.78, 5) is 5.15. The fraction of sp³-hybridized carbons (Fsp3) is 0.0444. The molecule has 5 nitrogen and oxygen atoms in total. The number of nitrogens with one attached hydrogen (secondary N) is 1. The van der Waals surface area contributed by atoms with Crippen LogP contribution < -0.4 is 11.1 Å². The molecule has 3 N–H and O–H groups in total. The normalized spacial score (nSPS) is 13.0. The first-order valence-corrected chi connectivity index (χ1v) is 17.9. The molecule has 0 aliphatic heterocycles. The third kappa shape index (κ3) is 5.16. The molecule has 0 spiro atoms. The maximum absolute atomic E-state index is 6.92. The van der Waals surface area contributed by atoms with Gasteiger partial charge in [0.05, 0.1) is 5.56 Å². The number of nitrogens with zero attached hydrogens (tertiary/aromatic N) is 1. The zero-order valence-corrected chi connectivity index (χ0v) is 28.3. The number of aliphatic imine (C=N–C) groups is 1. The Morgan fingerprint density at radius 3 is 2.22 bits per heavy atom. The highest BCUT2D eigenvalue weighted by atomic mass is 32.1. The number of para-hydroxylation sites is 2. The molecule has 3 heterocycles. The van der Waals surface area contributed by atoms with Crippen LogP contribution in [0, 0.1) is 0 Å². The highest BCUT2D eigenvalue weighted by molar-refractivity contribution is 7.25. The van der Waals surface area contributed by atoms with Gasteiger partial charge in [-0.3, -0.25) is 5.32 Å². The third-order valence-electron chi connectivity index (χ3n) is 9.81. The molecular formula is C45H31N3O2S. The van der Waals surface area contributed by atoms with Crippen molar-refractivity contribution < 1.29 is 8.83 Å². The molecule has 0 amide bonds. The lowest BCUT2D eigenvalue weighted by molar-refractivity contribution is 0.555. The Hall–Kier alpha value is -6.21. The number of hydrogen-bond donors (Lipinski definition) is 2. The highest BCUT2D eigenvalue weighted by Gasteiger charge is 2.18. The second-order valence-electron chi connectivity index (χ2n) is 12.9. The average molecular weight is 678 g/mol. The zero-order valence-electron chi connectivity index (χ0n) is 27.5. The first kappa shape index (κ1) is 29.7. The minimum atomic E-state index is -0.382. The fourth-order valence-electron chi connectivity index (χ4n) is 7.26. The summed E-state index contributed by atoms with van der Waals surface area (Å²) in [5.74, 6) is 0.413. The predicted octanol–water partition coefficient (Wildman–Crippen LogP) is 11.7. The second-order valence-corrected chi connectivity index (χ2v) is 14.0. The third-order valence-corrected chi connectivity index (χ3v) is 11.0. The number of hydrogen-bond acceptors (Lipinski definition) is 5. The maximum atomic E-state index is 6.92. The van der Waals surface area contributed by atoms with Gasteiger partial charge in [-0.1, -0.05) is 97.1 Å². The van der Waals surface area contributed by atoms with Crippen LogP contribution in [0.4, 0.5) is 0 Å². The standard InChI is InChI=1S/C45H31N3O2S/c46-44(48-45(47-26-27-9-2-1-3-10-27)30-19-22-42-37(24-30)33-12-5-7-16-41(33)51-42)35-14-8-13-34-36-23-28(18-21-39(36)50-43(34)35)29-17-20-32-31-11-4-6-15-38(31)49-40(32)25-29/h1-25,45,47H,26H2,(H2,46,48). The van der Waals surface area contributed by atoms with Gasteiger partial charge in [-0.2, -0.15) is 0 Å². The van der Waals surface area contributed by atoms with Gasteiger partial charge in [0, 0.05) is 48.3 Å². The molecule has 0 fully saturated rings. The summed E-state index contributed by atoms with van der Waals surface area (Å²) >= 11 is 1.81. The van der Waals surface area contributed by atoms with Gasteiger partial charge in [-0.25, -0.2) is 4.99 Å². The number of furan rings is 2. The van der Waals surface area contributed by atoms with E-state index in [1.807, 2.05) is 53.8 Å². The maximum Gasteiger partial charge on any atom is 0.146 e. The summed E-state index contributed by atoms with van der Waals surface area (Å²) in [6.45, 7) is 0.641. The Kier molecular flexibility index (Phi) is 6.98. The van der Waals surface area contributed by atoms with Crippen LogP contribution in [-0.2, 0) is 6.54 Å². The van der Waals surface area contributed by atoms with Gasteiger partial charge in [-0.05, 0) is 76.9 Å². The lowest BCUT2D eigenvalue weighted by Crippen LogP contribution is -2.24. The number of thiophene rings is 1. The van der Waals surface area contributed by atoms with Crippen LogP contribution in [0.2, 0.25) is 0 Å². The second kappa shape index (κ2) is 12.0. The van der Waals surface area contributed by atoms with Crippen molar-refractivity contribution >= 4 is 81.2 Å². The van der Waals surface area contributed by atoms with Crippen molar-refractivity contribution in [3.63, 3.8) is 0 Å². The molecule has 0 bridgehead atoms. The first-order chi connectivity index (χ1) is 25.2. The molecule has 6 heteroatoms. The van der Waals surface area contributed by atoms with E-state index < -0.39 is 0 Å². The highest BCUT2D eigenvalue weighted by Crippen LogP contribution is 2.38. The van der Waals surface area contributed by atoms with Crippen LogP contribution in [0.1, 0.15) is 22.9 Å². The SMILES string of the molecule is N/C(=N\C(NCc1ccccc1)c1ccc2sc3ccccc3c2c1)c1cccc2c1oc1ccc(-c3ccc4c(c3)oc3ccccc34)cc12. The van der Waals surface area contributed by atoms with Crippen LogP contribution in [-0.4, -0.2) is 5.84 Å². The van der Waals surface area contributed by atoms with Gasteiger partial charge in [0.25, 0.3) is 0 Å². The van der Waals surface area contributed by atoms with Crippen molar-refractivity contribution in [3.05, 3.63) is 168 Å². The molecule has 10 aromatic rings. The molecule has 51 heavy (non-hydrogen) atoms. The topological polar surface area (TPSA) is 76.7 Å². The van der Waals surface area contributed by atoms with Crippen molar-refractivity contribution in [3.8, 4) is 11.1 Å². The number of benzene rings is 7. The molecule has 7 aromatic carbocycles. The van der Waals surface area contributed by atoms with Crippen molar-refractivity contribution in [2.75, 3.05) is 0 Å². The monoisotopic (exact) mass is 677 g/mol. The number of fused-ring (bicyclic) bond motifs is 9. The van der Waals surface area contributed by atoms with Gasteiger partial charge in [-0.15, -0.1) is 11.3 Å². The summed E-state index contributed by atoms with van der Waals surface area (Å²) < 4.78 is 15.2.